The van der Waals surface area contributed by atoms with Crippen molar-refractivity contribution < 1.29 is 35.8 Å². The van der Waals surface area contributed by atoms with Crippen LogP contribution >= 0.6 is 23.2 Å². The lowest BCUT2D eigenvalue weighted by Gasteiger charge is -2.23. The Labute approximate surface area is 359 Å². The molecule has 8 rings (SSSR count). The van der Waals surface area contributed by atoms with Crippen LogP contribution in [0.25, 0.3) is 0 Å². The topological polar surface area (TPSA) is 242 Å². The predicted octanol–water partition coefficient (Wildman–Crippen LogP) is 4.50. The summed E-state index contributed by atoms with van der Waals surface area (Å²) in [6, 6.07) is 0. The van der Waals surface area contributed by atoms with Crippen molar-refractivity contribution in [3.63, 3.8) is 0 Å². The van der Waals surface area contributed by atoms with Gasteiger partial charge in [-0.15, -0.1) is 20.4 Å². The Bertz CT molecular complexity index is 2170. The molecule has 2 aliphatic carbocycles. The van der Waals surface area contributed by atoms with Crippen molar-refractivity contribution in [2.45, 2.75) is 112 Å². The van der Waals surface area contributed by atoms with Gasteiger partial charge in [-0.25, -0.2) is 36.8 Å². The predicted molar refractivity (Wildman–Crippen MR) is 220 cm³/mol. The molecule has 2 aliphatic heterocycles. The van der Waals surface area contributed by atoms with E-state index in [0.717, 1.165) is 50.2 Å². The highest BCUT2D eigenvalue weighted by atomic mass is 35.5. The van der Waals surface area contributed by atoms with E-state index >= 15 is 0 Å². The summed E-state index contributed by atoms with van der Waals surface area (Å²) in [5, 5.41) is 15.7. The van der Waals surface area contributed by atoms with E-state index in [1.165, 1.54) is 39.0 Å². The summed E-state index contributed by atoms with van der Waals surface area (Å²) in [4.78, 5) is 16.4. The Balaban J connectivity index is 0.000000181. The zero-order chi connectivity index (χ0) is 43.0. The molecule has 0 bridgehead atoms. The van der Waals surface area contributed by atoms with Crippen LogP contribution in [0.1, 0.15) is 114 Å². The first kappa shape index (κ1) is 44.4. The minimum absolute atomic E-state index is 0.111. The molecule has 4 aromatic rings. The molecule has 2 N–H and O–H groups in total. The van der Waals surface area contributed by atoms with Gasteiger partial charge in [0, 0.05) is 75.1 Å². The van der Waals surface area contributed by atoms with Gasteiger partial charge >= 0.3 is 0 Å². The van der Waals surface area contributed by atoms with Crippen LogP contribution in [0.3, 0.4) is 0 Å². The molecule has 6 atom stereocenters. The van der Waals surface area contributed by atoms with Gasteiger partial charge in [0.05, 0.1) is 23.3 Å². The van der Waals surface area contributed by atoms with Crippen LogP contribution < -0.4 is 9.44 Å². The van der Waals surface area contributed by atoms with Gasteiger partial charge in [0.15, 0.2) is 11.6 Å². The van der Waals surface area contributed by atoms with E-state index in [2.05, 4.69) is 63.6 Å². The van der Waals surface area contributed by atoms with Gasteiger partial charge in [0.25, 0.3) is 0 Å². The van der Waals surface area contributed by atoms with Crippen LogP contribution in [0.2, 0.25) is 10.0 Å². The van der Waals surface area contributed by atoms with Crippen molar-refractivity contribution in [2.75, 3.05) is 50.1 Å². The second-order valence-electron chi connectivity index (χ2n) is 16.1. The first-order valence-corrected chi connectivity index (χ1v) is 23.5. The average molecular weight is 914 g/mol. The standard InChI is InChI=1S/2C18H25ClN6O4S/c2*1-11(14(28-3)15-20-8-13(19)9-21-15)30(26,27)24-17-23-22-16(12-4-7-29-10-12)25(17)18(2)5-6-18/h2*8-9,11-12,14H,4-7,10H2,1-3H3,(H,23,24)/t11-,12+,14-;11-,12-,14-/m00/s1. The molecule has 4 fully saturated rings. The number of aromatic nitrogens is 10. The fourth-order valence-electron chi connectivity index (χ4n) is 7.32. The number of sulfonamides is 2. The van der Waals surface area contributed by atoms with Crippen molar-refractivity contribution in [2.24, 2.45) is 0 Å². The van der Waals surface area contributed by atoms with Gasteiger partial charge in [-0.05, 0) is 66.2 Å². The minimum Gasteiger partial charge on any atom is -0.381 e. The summed E-state index contributed by atoms with van der Waals surface area (Å²) in [5.74, 6) is 2.66. The molecule has 2 saturated carbocycles. The molecule has 24 heteroatoms. The number of ether oxygens (including phenoxy) is 4. The molecule has 4 aromatic heterocycles. The van der Waals surface area contributed by atoms with Gasteiger partial charge in [-0.2, -0.15) is 0 Å². The molecular formula is C36H50Cl2N12O8S2. The summed E-state index contributed by atoms with van der Waals surface area (Å²) < 4.78 is 83.7. The number of nitrogens with one attached hydrogen (secondary N) is 2. The summed E-state index contributed by atoms with van der Waals surface area (Å²) >= 11 is 11.7. The molecule has 0 unspecified atom stereocenters. The highest BCUT2D eigenvalue weighted by molar-refractivity contribution is 7.93. The van der Waals surface area contributed by atoms with Gasteiger partial charge in [0.2, 0.25) is 31.9 Å². The monoisotopic (exact) mass is 912 g/mol. The number of anilines is 2. The molecule has 0 amide bonds. The zero-order valence-electron chi connectivity index (χ0n) is 34.2. The lowest BCUT2D eigenvalue weighted by atomic mass is 10.1. The lowest BCUT2D eigenvalue weighted by Crippen LogP contribution is -2.34. The number of hydrogen-bond donors (Lipinski definition) is 2. The van der Waals surface area contributed by atoms with Crippen LogP contribution in [-0.4, -0.2) is 117 Å². The molecule has 4 aliphatic rings. The molecular weight excluding hydrogens is 864 g/mol. The van der Waals surface area contributed by atoms with Crippen molar-refractivity contribution >= 4 is 55.1 Å². The van der Waals surface area contributed by atoms with Crippen molar-refractivity contribution in [1.29, 1.82) is 0 Å². The number of halogens is 2. The van der Waals surface area contributed by atoms with Crippen molar-refractivity contribution in [3.8, 4) is 0 Å². The van der Waals surface area contributed by atoms with E-state index < -0.39 is 42.8 Å². The molecule has 0 radical (unpaired) electrons. The smallest absolute Gasteiger partial charge is 0.240 e. The Hall–Kier alpha value is -3.64. The average Bonchev–Trinajstić information content (AvgIpc) is 3.71. The fourth-order valence-corrected chi connectivity index (χ4v) is 9.78. The van der Waals surface area contributed by atoms with Crippen molar-refractivity contribution in [3.05, 3.63) is 58.1 Å². The van der Waals surface area contributed by atoms with E-state index in [4.69, 9.17) is 42.1 Å². The van der Waals surface area contributed by atoms with E-state index in [1.54, 1.807) is 13.8 Å². The summed E-state index contributed by atoms with van der Waals surface area (Å²) in [7, 11) is -4.95. The Morgan fingerprint density at radius 1 is 0.667 bits per heavy atom. The van der Waals surface area contributed by atoms with Crippen LogP contribution in [-0.2, 0) is 50.1 Å². The number of methoxy groups -OCH3 is 2. The van der Waals surface area contributed by atoms with E-state index in [9.17, 15) is 16.8 Å². The fraction of sp³-hybridized carbons (Fsp3) is 0.667. The summed E-state index contributed by atoms with van der Waals surface area (Å²) in [5.41, 5.74) is -0.384. The molecule has 0 spiro atoms. The summed E-state index contributed by atoms with van der Waals surface area (Å²) in [6.45, 7) is 9.71. The Morgan fingerprint density at radius 3 is 1.30 bits per heavy atom. The third-order valence-corrected chi connectivity index (χ3v) is 15.4. The van der Waals surface area contributed by atoms with Gasteiger partial charge in [0.1, 0.15) is 34.4 Å². The summed E-state index contributed by atoms with van der Waals surface area (Å²) in [6.07, 6.45) is 9.31. The molecule has 20 nitrogen and oxygen atoms in total. The first-order chi connectivity index (χ1) is 28.5. The zero-order valence-corrected chi connectivity index (χ0v) is 37.3. The van der Waals surface area contributed by atoms with E-state index in [-0.39, 0.29) is 46.5 Å². The largest absolute Gasteiger partial charge is 0.381 e. The SMILES string of the molecule is CO[C@H](c1ncc(Cl)cn1)[C@H](C)S(=O)(=O)Nc1nnc([C@@H]2CCOC2)n1C1(C)CC1.CO[C@H](c1ncc(Cl)cn1)[C@H](C)S(=O)(=O)Nc1nnc([C@H]2CCOC2)n1C1(C)CC1. The van der Waals surface area contributed by atoms with Gasteiger partial charge in [-0.1, -0.05) is 23.2 Å². The second-order valence-corrected chi connectivity index (χ2v) is 21.0. The highest BCUT2D eigenvalue weighted by Crippen LogP contribution is 2.48. The van der Waals surface area contributed by atoms with E-state index in [0.29, 0.717) is 36.5 Å². The Kier molecular flexibility index (Phi) is 13.0. The molecule has 0 aromatic carbocycles. The quantitative estimate of drug-likeness (QED) is 0.157. The van der Waals surface area contributed by atoms with E-state index in [1.807, 2.05) is 9.13 Å². The number of hydrogen-bond acceptors (Lipinski definition) is 16. The number of nitrogens with zero attached hydrogens (tertiary/aromatic N) is 10. The van der Waals surface area contributed by atoms with Gasteiger partial charge in [-0.3, -0.25) is 18.6 Å². The second kappa shape index (κ2) is 17.6. The molecule has 2 saturated heterocycles. The van der Waals surface area contributed by atoms with Crippen LogP contribution in [0, 0.1) is 0 Å². The highest BCUT2D eigenvalue weighted by Gasteiger charge is 2.47. The van der Waals surface area contributed by atoms with Crippen LogP contribution in [0.5, 0.6) is 0 Å². The lowest BCUT2D eigenvalue weighted by molar-refractivity contribution is 0.0949. The normalized spacial score (nSPS) is 22.6. The molecule has 328 valence electrons. The first-order valence-electron chi connectivity index (χ1n) is 19.6. The molecule has 60 heavy (non-hydrogen) atoms. The maximum absolute atomic E-state index is 13.2. The third kappa shape index (κ3) is 9.39. The van der Waals surface area contributed by atoms with Crippen molar-refractivity contribution in [1.82, 2.24) is 49.5 Å². The molecule has 6 heterocycles. The van der Waals surface area contributed by atoms with Gasteiger partial charge < -0.3 is 18.9 Å². The Morgan fingerprint density at radius 2 is 1.02 bits per heavy atom. The van der Waals surface area contributed by atoms with Crippen LogP contribution in [0.4, 0.5) is 11.9 Å². The number of rotatable bonds is 16. The van der Waals surface area contributed by atoms with Crippen LogP contribution in [0.15, 0.2) is 24.8 Å². The minimum atomic E-state index is -3.89. The third-order valence-electron chi connectivity index (χ3n) is 11.6. The maximum Gasteiger partial charge on any atom is 0.240 e. The maximum atomic E-state index is 13.2.